The normalized spacial score (nSPS) is 11.2. The lowest BCUT2D eigenvalue weighted by Gasteiger charge is -2.09. The molecule has 5 heteroatoms. The fourth-order valence-corrected chi connectivity index (χ4v) is 3.64. The maximum absolute atomic E-state index is 5.42. The first-order valence-electron chi connectivity index (χ1n) is 8.64. The van der Waals surface area contributed by atoms with Crippen molar-refractivity contribution in [3.05, 3.63) is 82.5 Å². The minimum Gasteiger partial charge on any atom is -0.444 e. The minimum absolute atomic E-state index is 0.771. The molecule has 0 saturated carbocycles. The van der Waals surface area contributed by atoms with Crippen molar-refractivity contribution in [3.63, 3.8) is 0 Å². The van der Waals surface area contributed by atoms with E-state index in [1.54, 1.807) is 17.5 Å². The van der Waals surface area contributed by atoms with Crippen molar-refractivity contribution in [3.8, 4) is 22.5 Å². The van der Waals surface area contributed by atoms with E-state index in [0.29, 0.717) is 0 Å². The Labute approximate surface area is 162 Å². The van der Waals surface area contributed by atoms with Crippen molar-refractivity contribution in [1.82, 2.24) is 4.98 Å². The molecule has 4 nitrogen and oxygen atoms in total. The second-order valence-electron chi connectivity index (χ2n) is 6.31. The zero-order valence-electron chi connectivity index (χ0n) is 15.1. The fourth-order valence-electron chi connectivity index (χ4n) is 2.85. The highest BCUT2D eigenvalue weighted by Gasteiger charge is 2.07. The van der Waals surface area contributed by atoms with Gasteiger partial charge in [0, 0.05) is 10.4 Å². The predicted molar refractivity (Wildman–Crippen MR) is 112 cm³/mol. The van der Waals surface area contributed by atoms with Crippen molar-refractivity contribution in [2.24, 2.45) is 5.10 Å². The Morgan fingerprint density at radius 3 is 2.52 bits per heavy atom. The van der Waals surface area contributed by atoms with E-state index >= 15 is 0 Å². The molecule has 0 saturated heterocycles. The van der Waals surface area contributed by atoms with Gasteiger partial charge in [-0.25, -0.2) is 4.98 Å². The van der Waals surface area contributed by atoms with E-state index in [-0.39, 0.29) is 0 Å². The molecule has 0 aliphatic heterocycles. The molecule has 2 aromatic heterocycles. The van der Waals surface area contributed by atoms with Crippen LogP contribution in [0.2, 0.25) is 0 Å². The number of aryl methyl sites for hydroxylation is 2. The van der Waals surface area contributed by atoms with Crippen molar-refractivity contribution in [1.29, 1.82) is 0 Å². The van der Waals surface area contributed by atoms with Gasteiger partial charge in [0.15, 0.2) is 12.2 Å². The molecule has 0 amide bonds. The monoisotopic (exact) mass is 373 g/mol. The number of benzene rings is 2. The molecule has 0 aliphatic carbocycles. The van der Waals surface area contributed by atoms with Crippen LogP contribution in [-0.2, 0) is 0 Å². The van der Waals surface area contributed by atoms with E-state index in [9.17, 15) is 0 Å². The lowest BCUT2D eigenvalue weighted by Crippen LogP contribution is -1.91. The lowest BCUT2D eigenvalue weighted by atomic mass is 9.97. The molecule has 0 atom stereocenters. The van der Waals surface area contributed by atoms with Crippen LogP contribution in [0, 0.1) is 13.8 Å². The average Bonchev–Trinajstić information content (AvgIpc) is 3.35. The number of oxazole rings is 1. The number of anilines is 1. The molecule has 4 aromatic rings. The Morgan fingerprint density at radius 1 is 1.00 bits per heavy atom. The third-order valence-electron chi connectivity index (χ3n) is 4.43. The quantitative estimate of drug-likeness (QED) is 0.338. The van der Waals surface area contributed by atoms with E-state index in [2.05, 4.69) is 71.1 Å². The summed E-state index contributed by atoms with van der Waals surface area (Å²) in [6, 6.07) is 16.7. The van der Waals surface area contributed by atoms with Gasteiger partial charge in [0.05, 0.1) is 18.1 Å². The van der Waals surface area contributed by atoms with Crippen molar-refractivity contribution < 1.29 is 4.42 Å². The number of hydrogen-bond donors (Lipinski definition) is 1. The van der Waals surface area contributed by atoms with Crippen LogP contribution in [0.3, 0.4) is 0 Å². The van der Waals surface area contributed by atoms with E-state index in [1.807, 2.05) is 18.3 Å². The number of rotatable bonds is 5. The van der Waals surface area contributed by atoms with Gasteiger partial charge in [-0.05, 0) is 65.7 Å². The minimum atomic E-state index is 0.771. The Hall–Kier alpha value is -3.18. The molecule has 0 bridgehead atoms. The summed E-state index contributed by atoms with van der Waals surface area (Å²) in [5.41, 5.74) is 9.84. The molecule has 134 valence electrons. The summed E-state index contributed by atoms with van der Waals surface area (Å²) in [5.74, 6) is 0.771. The van der Waals surface area contributed by atoms with Gasteiger partial charge in [0.1, 0.15) is 0 Å². The maximum atomic E-state index is 5.42. The highest BCUT2D eigenvalue weighted by molar-refractivity contribution is 7.11. The molecule has 27 heavy (non-hydrogen) atoms. The first-order valence-corrected chi connectivity index (χ1v) is 9.52. The van der Waals surface area contributed by atoms with Crippen LogP contribution in [0.1, 0.15) is 16.0 Å². The fraction of sp³-hybridized carbons (Fsp3) is 0.0909. The number of hydrazone groups is 1. The van der Waals surface area contributed by atoms with Crippen LogP contribution in [-0.4, -0.2) is 11.2 Å². The first kappa shape index (κ1) is 17.2. The van der Waals surface area contributed by atoms with Crippen LogP contribution < -0.4 is 5.43 Å². The summed E-state index contributed by atoms with van der Waals surface area (Å²) in [5, 5.41) is 6.40. The molecule has 0 fully saturated rings. The third kappa shape index (κ3) is 3.83. The van der Waals surface area contributed by atoms with E-state index in [0.717, 1.165) is 22.6 Å². The molecular weight excluding hydrogens is 354 g/mol. The summed E-state index contributed by atoms with van der Waals surface area (Å²) in [6.07, 6.45) is 5.04. The Balaban J connectivity index is 1.53. The van der Waals surface area contributed by atoms with E-state index in [4.69, 9.17) is 4.42 Å². The smallest absolute Gasteiger partial charge is 0.181 e. The van der Waals surface area contributed by atoms with Crippen molar-refractivity contribution >= 4 is 23.2 Å². The molecule has 0 aliphatic rings. The lowest BCUT2D eigenvalue weighted by molar-refractivity contribution is 0.572. The highest BCUT2D eigenvalue weighted by Crippen LogP contribution is 2.30. The van der Waals surface area contributed by atoms with Gasteiger partial charge < -0.3 is 4.42 Å². The maximum Gasteiger partial charge on any atom is 0.181 e. The molecule has 2 heterocycles. The number of nitrogens with zero attached hydrogens (tertiary/aromatic N) is 2. The molecule has 1 N–H and O–H groups in total. The summed E-state index contributed by atoms with van der Waals surface area (Å²) in [6.45, 7) is 4.20. The Morgan fingerprint density at radius 2 is 1.81 bits per heavy atom. The number of hydrogen-bond acceptors (Lipinski definition) is 5. The van der Waals surface area contributed by atoms with Gasteiger partial charge in [0.25, 0.3) is 0 Å². The standard InChI is InChI=1S/C22H19N3OS/c1-15-3-4-18(21-12-23-14-26-21)11-20(15)17-5-7-19(8-6-17)25-24-13-22-16(2)9-10-27-22/h3-14,25H,1-2H3/b24-13+. The Kier molecular flexibility index (Phi) is 4.85. The summed E-state index contributed by atoms with van der Waals surface area (Å²) >= 11 is 1.68. The second-order valence-corrected chi connectivity index (χ2v) is 7.26. The average molecular weight is 373 g/mol. The zero-order chi connectivity index (χ0) is 18.6. The molecule has 0 unspecified atom stereocenters. The number of aromatic nitrogens is 1. The molecule has 0 radical (unpaired) electrons. The molecular formula is C22H19N3OS. The van der Waals surface area contributed by atoms with Gasteiger partial charge in [-0.2, -0.15) is 5.10 Å². The molecule has 2 aromatic carbocycles. The van der Waals surface area contributed by atoms with Gasteiger partial charge in [0.2, 0.25) is 0 Å². The van der Waals surface area contributed by atoms with Crippen LogP contribution >= 0.6 is 11.3 Å². The van der Waals surface area contributed by atoms with Crippen LogP contribution in [0.15, 0.2) is 76.0 Å². The van der Waals surface area contributed by atoms with Crippen molar-refractivity contribution in [2.75, 3.05) is 5.43 Å². The van der Waals surface area contributed by atoms with Crippen LogP contribution in [0.5, 0.6) is 0 Å². The SMILES string of the molecule is Cc1ccc(-c2cnco2)cc1-c1ccc(N/N=C/c2sccc2C)cc1. The molecule has 0 spiro atoms. The molecule has 4 rings (SSSR count). The van der Waals surface area contributed by atoms with Crippen LogP contribution in [0.25, 0.3) is 22.5 Å². The first-order chi connectivity index (χ1) is 13.2. The van der Waals surface area contributed by atoms with Gasteiger partial charge in [-0.15, -0.1) is 11.3 Å². The van der Waals surface area contributed by atoms with E-state index in [1.165, 1.54) is 28.0 Å². The van der Waals surface area contributed by atoms with Crippen LogP contribution in [0.4, 0.5) is 5.69 Å². The summed E-state index contributed by atoms with van der Waals surface area (Å²) in [4.78, 5) is 5.17. The second kappa shape index (κ2) is 7.60. The van der Waals surface area contributed by atoms with Gasteiger partial charge in [-0.3, -0.25) is 5.43 Å². The topological polar surface area (TPSA) is 50.4 Å². The predicted octanol–water partition coefficient (Wildman–Crippen LogP) is 6.13. The van der Waals surface area contributed by atoms with Gasteiger partial charge in [-0.1, -0.05) is 24.3 Å². The van der Waals surface area contributed by atoms with Crippen molar-refractivity contribution in [2.45, 2.75) is 13.8 Å². The van der Waals surface area contributed by atoms with E-state index < -0.39 is 0 Å². The largest absolute Gasteiger partial charge is 0.444 e. The highest BCUT2D eigenvalue weighted by atomic mass is 32.1. The Bertz CT molecular complexity index is 1060. The number of thiophene rings is 1. The zero-order valence-corrected chi connectivity index (χ0v) is 16.0. The summed E-state index contributed by atoms with van der Waals surface area (Å²) < 4.78 is 5.42. The third-order valence-corrected chi connectivity index (χ3v) is 5.38. The number of nitrogens with one attached hydrogen (secondary N) is 1. The van der Waals surface area contributed by atoms with Gasteiger partial charge >= 0.3 is 0 Å². The summed E-state index contributed by atoms with van der Waals surface area (Å²) in [7, 11) is 0.